The van der Waals surface area contributed by atoms with E-state index in [4.69, 9.17) is 15.5 Å². The molecule has 0 heterocycles. The lowest BCUT2D eigenvalue weighted by atomic mass is 10.0. The van der Waals surface area contributed by atoms with Gasteiger partial charge in [-0.25, -0.2) is 0 Å². The fraction of sp³-hybridized carbons (Fsp3) is 0.364. The molecular formula is C11H14F2NO4P. The summed E-state index contributed by atoms with van der Waals surface area (Å²) in [4.78, 5) is 28.1. The van der Waals surface area contributed by atoms with Crippen LogP contribution in [0.2, 0.25) is 0 Å². The van der Waals surface area contributed by atoms with Crippen LogP contribution in [-0.4, -0.2) is 21.6 Å². The van der Waals surface area contributed by atoms with E-state index in [0.29, 0.717) is 5.56 Å². The maximum absolute atomic E-state index is 13.3. The molecule has 1 rings (SSSR count). The quantitative estimate of drug-likeness (QED) is 0.712. The number of hydrogen-bond acceptors (Lipinski definition) is 3. The van der Waals surface area contributed by atoms with Gasteiger partial charge in [0.05, 0.1) is 6.04 Å². The van der Waals surface area contributed by atoms with E-state index in [9.17, 15) is 18.1 Å². The first-order chi connectivity index (χ1) is 8.55. The normalized spacial score (nSPS) is 14.2. The van der Waals surface area contributed by atoms with Gasteiger partial charge in [-0.2, -0.15) is 8.78 Å². The largest absolute Gasteiger partial charge is 0.399 e. The SMILES string of the molecule is CC(=O)C(N)Cc1ccc(C(F)(F)P(=O)(O)O)cc1. The van der Waals surface area contributed by atoms with Gasteiger partial charge in [0.15, 0.2) is 0 Å². The van der Waals surface area contributed by atoms with Crippen LogP contribution in [0.1, 0.15) is 18.1 Å². The summed E-state index contributed by atoms with van der Waals surface area (Å²) in [5, 5.41) is 0. The van der Waals surface area contributed by atoms with Gasteiger partial charge in [-0.05, 0) is 18.9 Å². The molecule has 0 aliphatic heterocycles. The molecule has 4 N–H and O–H groups in total. The summed E-state index contributed by atoms with van der Waals surface area (Å²) in [5.41, 5.74) is 1.05. The molecule has 1 atom stereocenters. The average Bonchev–Trinajstić information content (AvgIpc) is 2.28. The summed E-state index contributed by atoms with van der Waals surface area (Å²) < 4.78 is 37.4. The van der Waals surface area contributed by atoms with E-state index in [2.05, 4.69) is 0 Å². The highest BCUT2D eigenvalue weighted by Crippen LogP contribution is 2.59. The number of nitrogens with two attached hydrogens (primary N) is 1. The van der Waals surface area contributed by atoms with E-state index >= 15 is 0 Å². The van der Waals surface area contributed by atoms with Crippen LogP contribution in [0.5, 0.6) is 0 Å². The molecule has 0 saturated carbocycles. The number of Topliss-reactive ketones (excluding diaryl/α,β-unsaturated/α-hetero) is 1. The Hall–Kier alpha value is -1.14. The standard InChI is InChI=1S/C11H14F2NO4P/c1-7(15)10(14)6-8-2-4-9(5-3-8)11(12,13)19(16,17)18/h2-5,10H,6,14H2,1H3,(H2,16,17,18). The van der Waals surface area contributed by atoms with E-state index in [1.165, 1.54) is 19.1 Å². The second-order valence-electron chi connectivity index (χ2n) is 4.20. The highest BCUT2D eigenvalue weighted by molar-refractivity contribution is 7.52. The Balaban J connectivity index is 2.94. The minimum atomic E-state index is -5.56. The van der Waals surface area contributed by atoms with Crippen LogP contribution in [0.25, 0.3) is 0 Å². The van der Waals surface area contributed by atoms with Crippen LogP contribution < -0.4 is 5.73 Å². The summed E-state index contributed by atoms with van der Waals surface area (Å²) in [6.45, 7) is 1.32. The molecule has 0 radical (unpaired) electrons. The minimum Gasteiger partial charge on any atom is -0.321 e. The highest BCUT2D eigenvalue weighted by Gasteiger charge is 2.50. The smallest absolute Gasteiger partial charge is 0.321 e. The predicted octanol–water partition coefficient (Wildman–Crippen LogP) is 1.37. The Morgan fingerprint density at radius 2 is 1.84 bits per heavy atom. The molecule has 0 spiro atoms. The van der Waals surface area contributed by atoms with Crippen LogP contribution >= 0.6 is 7.60 Å². The molecule has 106 valence electrons. The van der Waals surface area contributed by atoms with Gasteiger partial charge in [0.2, 0.25) is 0 Å². The molecule has 19 heavy (non-hydrogen) atoms. The van der Waals surface area contributed by atoms with Gasteiger partial charge in [-0.3, -0.25) is 9.36 Å². The molecule has 1 aromatic carbocycles. The summed E-state index contributed by atoms with van der Waals surface area (Å²) in [7, 11) is -5.56. The fourth-order valence-corrected chi connectivity index (χ4v) is 1.89. The Morgan fingerprint density at radius 3 is 2.21 bits per heavy atom. The average molecular weight is 293 g/mol. The Labute approximate surface area is 108 Å². The number of carbonyl (C=O) groups excluding carboxylic acids is 1. The molecular weight excluding hydrogens is 279 g/mol. The van der Waals surface area contributed by atoms with Crippen molar-refractivity contribution in [2.24, 2.45) is 5.73 Å². The van der Waals surface area contributed by atoms with Crippen LogP contribution in [-0.2, 0) is 21.4 Å². The minimum absolute atomic E-state index is 0.178. The molecule has 1 aromatic rings. The van der Waals surface area contributed by atoms with Gasteiger partial charge >= 0.3 is 13.3 Å². The van der Waals surface area contributed by atoms with Crippen LogP contribution in [0.3, 0.4) is 0 Å². The summed E-state index contributed by atoms with van der Waals surface area (Å²) in [6.07, 6.45) is 0.178. The Kier molecular flexibility index (Phi) is 4.58. The zero-order valence-corrected chi connectivity index (χ0v) is 11.0. The first-order valence-corrected chi connectivity index (χ1v) is 6.96. The second kappa shape index (κ2) is 5.46. The van der Waals surface area contributed by atoms with Crippen LogP contribution in [0.15, 0.2) is 24.3 Å². The monoisotopic (exact) mass is 293 g/mol. The van der Waals surface area contributed by atoms with Crippen molar-refractivity contribution in [3.63, 3.8) is 0 Å². The lowest BCUT2D eigenvalue weighted by Gasteiger charge is -2.18. The summed E-state index contributed by atoms with van der Waals surface area (Å²) in [5.74, 6) is -0.232. The highest BCUT2D eigenvalue weighted by atomic mass is 31.2. The van der Waals surface area contributed by atoms with Crippen molar-refractivity contribution < 1.29 is 27.9 Å². The number of alkyl halides is 2. The molecule has 0 aromatic heterocycles. The van der Waals surface area contributed by atoms with Gasteiger partial charge in [0.25, 0.3) is 0 Å². The molecule has 0 bridgehead atoms. The Bertz CT molecular complexity index is 512. The van der Waals surface area contributed by atoms with Gasteiger partial charge in [0, 0.05) is 5.56 Å². The van der Waals surface area contributed by atoms with E-state index in [0.717, 1.165) is 12.1 Å². The number of carbonyl (C=O) groups is 1. The predicted molar refractivity (Wildman–Crippen MR) is 64.7 cm³/mol. The topological polar surface area (TPSA) is 101 Å². The lowest BCUT2D eigenvalue weighted by Crippen LogP contribution is -2.30. The molecule has 0 aliphatic carbocycles. The number of ketones is 1. The van der Waals surface area contributed by atoms with E-state index in [-0.39, 0.29) is 12.2 Å². The van der Waals surface area contributed by atoms with E-state index < -0.39 is 24.9 Å². The fourth-order valence-electron chi connectivity index (χ4n) is 1.41. The Morgan fingerprint density at radius 1 is 1.37 bits per heavy atom. The zero-order valence-electron chi connectivity index (χ0n) is 10.1. The molecule has 0 aliphatic rings. The molecule has 1 unspecified atom stereocenters. The molecule has 0 amide bonds. The number of benzene rings is 1. The van der Waals surface area contributed by atoms with Crippen molar-refractivity contribution in [3.8, 4) is 0 Å². The third-order valence-corrected chi connectivity index (χ3v) is 3.63. The van der Waals surface area contributed by atoms with Crippen molar-refractivity contribution in [1.29, 1.82) is 0 Å². The number of rotatable bonds is 5. The van der Waals surface area contributed by atoms with Gasteiger partial charge in [-0.15, -0.1) is 0 Å². The van der Waals surface area contributed by atoms with Crippen LogP contribution in [0.4, 0.5) is 8.78 Å². The maximum atomic E-state index is 13.3. The van der Waals surface area contributed by atoms with Crippen molar-refractivity contribution in [1.82, 2.24) is 0 Å². The summed E-state index contributed by atoms with van der Waals surface area (Å²) >= 11 is 0. The van der Waals surface area contributed by atoms with Gasteiger partial charge in [0.1, 0.15) is 5.78 Å². The molecule has 8 heteroatoms. The van der Waals surface area contributed by atoms with Crippen molar-refractivity contribution >= 4 is 13.4 Å². The molecule has 5 nitrogen and oxygen atoms in total. The third-order valence-electron chi connectivity index (χ3n) is 2.64. The van der Waals surface area contributed by atoms with Gasteiger partial charge < -0.3 is 15.5 Å². The first-order valence-electron chi connectivity index (χ1n) is 5.34. The zero-order chi connectivity index (χ0) is 14.8. The third kappa shape index (κ3) is 3.67. The van der Waals surface area contributed by atoms with E-state index in [1.807, 2.05) is 0 Å². The molecule has 0 saturated heterocycles. The molecule has 0 fully saturated rings. The van der Waals surface area contributed by atoms with E-state index in [1.54, 1.807) is 0 Å². The van der Waals surface area contributed by atoms with Crippen LogP contribution in [0, 0.1) is 0 Å². The number of hydrogen-bond donors (Lipinski definition) is 3. The lowest BCUT2D eigenvalue weighted by molar-refractivity contribution is -0.118. The number of halogens is 2. The van der Waals surface area contributed by atoms with Crippen molar-refractivity contribution in [2.75, 3.05) is 0 Å². The van der Waals surface area contributed by atoms with Crippen molar-refractivity contribution in [2.45, 2.75) is 25.1 Å². The van der Waals surface area contributed by atoms with Gasteiger partial charge in [-0.1, -0.05) is 24.3 Å². The first kappa shape index (κ1) is 15.9. The second-order valence-corrected chi connectivity index (χ2v) is 5.85. The maximum Gasteiger partial charge on any atom is 0.399 e. The summed E-state index contributed by atoms with van der Waals surface area (Å²) in [6, 6.07) is 3.64. The van der Waals surface area contributed by atoms with Crippen molar-refractivity contribution in [3.05, 3.63) is 35.4 Å².